The average molecular weight is 565 g/mol. The molecule has 0 aliphatic carbocycles. The van der Waals surface area contributed by atoms with Crippen LogP contribution in [0.4, 0.5) is 13.2 Å². The molecule has 0 unspecified atom stereocenters. The van der Waals surface area contributed by atoms with Crippen molar-refractivity contribution in [1.82, 2.24) is 13.8 Å². The first-order chi connectivity index (χ1) is 18.3. The van der Waals surface area contributed by atoms with Crippen LogP contribution in [0.3, 0.4) is 0 Å². The third-order valence-corrected chi connectivity index (χ3v) is 8.38. The highest BCUT2D eigenvalue weighted by Gasteiger charge is 2.32. The molecular weight excluding hydrogens is 537 g/mol. The second-order valence-corrected chi connectivity index (χ2v) is 11.0. The first-order valence-electron chi connectivity index (χ1n) is 12.0. The number of ether oxygens (including phenoxy) is 1. The summed E-state index contributed by atoms with van der Waals surface area (Å²) in [5, 5.41) is 0. The number of halogens is 3. The summed E-state index contributed by atoms with van der Waals surface area (Å²) >= 11 is 0. The van der Waals surface area contributed by atoms with E-state index in [0.29, 0.717) is 24.3 Å². The Balaban J connectivity index is 1.49. The van der Waals surface area contributed by atoms with Gasteiger partial charge < -0.3 is 15.0 Å². The van der Waals surface area contributed by atoms with Gasteiger partial charge in [0.25, 0.3) is 5.91 Å². The predicted molar refractivity (Wildman–Crippen MR) is 136 cm³/mol. The van der Waals surface area contributed by atoms with Gasteiger partial charge in [-0.05, 0) is 42.8 Å². The van der Waals surface area contributed by atoms with Crippen LogP contribution < -0.4 is 10.5 Å². The molecule has 1 saturated heterocycles. The topological polar surface area (TPSA) is 115 Å². The minimum absolute atomic E-state index is 0.00165. The number of ketones is 1. The zero-order valence-corrected chi connectivity index (χ0v) is 21.8. The fourth-order valence-electron chi connectivity index (χ4n) is 4.51. The van der Waals surface area contributed by atoms with E-state index in [1.165, 1.54) is 39.2 Å². The van der Waals surface area contributed by atoms with E-state index in [1.54, 1.807) is 31.2 Å². The minimum Gasteiger partial charge on any atom is -0.406 e. The molecule has 3 aromatic rings. The van der Waals surface area contributed by atoms with Crippen molar-refractivity contribution >= 4 is 21.7 Å². The quantitative estimate of drug-likeness (QED) is 0.400. The molecule has 13 heteroatoms. The summed E-state index contributed by atoms with van der Waals surface area (Å²) < 4.78 is 70.6. The Bertz CT molecular complexity index is 1460. The summed E-state index contributed by atoms with van der Waals surface area (Å²) in [6, 6.07) is 14.8. The molecule has 0 atom stereocenters. The minimum atomic E-state index is -4.85. The molecule has 0 spiro atoms. The van der Waals surface area contributed by atoms with Crippen molar-refractivity contribution in [2.45, 2.75) is 24.7 Å². The largest absolute Gasteiger partial charge is 0.573 e. The second-order valence-electron chi connectivity index (χ2n) is 9.09. The number of hydrogen-bond acceptors (Lipinski definition) is 6. The van der Waals surface area contributed by atoms with Crippen LogP contribution in [0.5, 0.6) is 5.75 Å². The van der Waals surface area contributed by atoms with Crippen molar-refractivity contribution in [3.63, 3.8) is 0 Å². The van der Waals surface area contributed by atoms with Crippen molar-refractivity contribution in [1.29, 1.82) is 0 Å². The summed E-state index contributed by atoms with van der Waals surface area (Å²) in [5.74, 6) is -1.49. The molecule has 1 aliphatic rings. The molecule has 1 fully saturated rings. The molecule has 0 radical (unpaired) electrons. The van der Waals surface area contributed by atoms with Crippen LogP contribution in [0.15, 0.2) is 65.6 Å². The van der Waals surface area contributed by atoms with Gasteiger partial charge in [-0.2, -0.15) is 4.31 Å². The third-order valence-electron chi connectivity index (χ3n) is 6.47. The monoisotopic (exact) mass is 564 g/mol. The lowest BCUT2D eigenvalue weighted by Gasteiger charge is -2.33. The lowest BCUT2D eigenvalue weighted by molar-refractivity contribution is -0.274. The third kappa shape index (κ3) is 6.67. The van der Waals surface area contributed by atoms with E-state index in [2.05, 4.69) is 4.74 Å². The fraction of sp³-hybridized carbons (Fsp3) is 0.308. The highest BCUT2D eigenvalue weighted by molar-refractivity contribution is 7.89. The van der Waals surface area contributed by atoms with E-state index in [1.807, 2.05) is 4.90 Å². The molecule has 1 amide bonds. The summed E-state index contributed by atoms with van der Waals surface area (Å²) in [5.41, 5.74) is 6.60. The van der Waals surface area contributed by atoms with Gasteiger partial charge in [0.1, 0.15) is 5.75 Å². The number of sulfonamides is 1. The molecule has 4 rings (SSSR count). The van der Waals surface area contributed by atoms with E-state index in [0.717, 1.165) is 6.07 Å². The van der Waals surface area contributed by atoms with Crippen molar-refractivity contribution < 1.29 is 35.9 Å². The number of benzene rings is 2. The SMILES string of the molecule is Cc1c(C(N)=O)cc(C(=O)CN2CCN(S(=O)(=O)c3ccccc3)CC2)n1Cc1cccc(OC(F)(F)F)c1. The number of carbonyl (C=O) groups excluding carboxylic acids is 2. The van der Waals surface area contributed by atoms with E-state index in [9.17, 15) is 31.2 Å². The number of nitrogens with two attached hydrogens (primary N) is 1. The van der Waals surface area contributed by atoms with Gasteiger partial charge in [0, 0.05) is 38.4 Å². The summed E-state index contributed by atoms with van der Waals surface area (Å²) in [4.78, 5) is 27.4. The fourth-order valence-corrected chi connectivity index (χ4v) is 5.95. The van der Waals surface area contributed by atoms with Gasteiger partial charge in [0.05, 0.1) is 22.7 Å². The number of primary amides is 1. The predicted octanol–water partition coefficient (Wildman–Crippen LogP) is 3.03. The zero-order valence-electron chi connectivity index (χ0n) is 21.0. The van der Waals surface area contributed by atoms with E-state index in [4.69, 9.17) is 5.73 Å². The van der Waals surface area contributed by atoms with Gasteiger partial charge in [0.15, 0.2) is 5.78 Å². The molecule has 2 aromatic carbocycles. The highest BCUT2D eigenvalue weighted by atomic mass is 32.2. The normalized spacial score (nSPS) is 15.3. The number of piperazine rings is 1. The van der Waals surface area contributed by atoms with Crippen LogP contribution in [0.1, 0.15) is 32.1 Å². The maximum atomic E-state index is 13.3. The average Bonchev–Trinajstić information content (AvgIpc) is 3.20. The standard InChI is InChI=1S/C26H27F3N4O5S/c1-18-22(25(30)35)15-23(33(18)16-19-6-5-7-20(14-19)38-26(27,28)29)24(34)17-31-10-12-32(13-11-31)39(36,37)21-8-3-2-4-9-21/h2-9,14-15H,10-13,16-17H2,1H3,(H2,30,35). The Kier molecular flexibility index (Phi) is 8.14. The molecule has 2 heterocycles. The molecule has 9 nitrogen and oxygen atoms in total. The van der Waals surface area contributed by atoms with Crippen molar-refractivity contribution in [2.75, 3.05) is 32.7 Å². The number of carbonyl (C=O) groups is 2. The molecule has 208 valence electrons. The number of hydrogen-bond donors (Lipinski definition) is 1. The molecule has 1 aromatic heterocycles. The molecule has 39 heavy (non-hydrogen) atoms. The number of amides is 1. The first kappa shape index (κ1) is 28.3. The molecule has 0 bridgehead atoms. The summed E-state index contributed by atoms with van der Waals surface area (Å²) in [7, 11) is -3.65. The maximum absolute atomic E-state index is 13.3. The molecule has 1 aliphatic heterocycles. The highest BCUT2D eigenvalue weighted by Crippen LogP contribution is 2.25. The van der Waals surface area contributed by atoms with Crippen molar-refractivity contribution in [2.24, 2.45) is 5.73 Å². The zero-order chi connectivity index (χ0) is 28.4. The Labute approximate surface area is 223 Å². The van der Waals surface area contributed by atoms with Crippen LogP contribution in [-0.2, 0) is 16.6 Å². The van der Waals surface area contributed by atoms with E-state index in [-0.39, 0.29) is 48.1 Å². The van der Waals surface area contributed by atoms with Gasteiger partial charge >= 0.3 is 6.36 Å². The summed E-state index contributed by atoms with van der Waals surface area (Å²) in [6.45, 7) is 2.58. The number of aromatic nitrogens is 1. The lowest BCUT2D eigenvalue weighted by Crippen LogP contribution is -2.49. The van der Waals surface area contributed by atoms with E-state index >= 15 is 0 Å². The van der Waals surface area contributed by atoms with Gasteiger partial charge in [-0.3, -0.25) is 14.5 Å². The van der Waals surface area contributed by atoms with Crippen molar-refractivity contribution in [3.8, 4) is 5.75 Å². The van der Waals surface area contributed by atoms with Crippen LogP contribution in [0.2, 0.25) is 0 Å². The smallest absolute Gasteiger partial charge is 0.406 e. The lowest BCUT2D eigenvalue weighted by atomic mass is 10.2. The summed E-state index contributed by atoms with van der Waals surface area (Å²) in [6.07, 6.45) is -4.85. The Morgan fingerprint density at radius 1 is 0.974 bits per heavy atom. The van der Waals surface area contributed by atoms with Crippen LogP contribution in [0.25, 0.3) is 0 Å². The number of rotatable bonds is 9. The molecule has 0 saturated carbocycles. The number of Topliss-reactive ketones (excluding diaryl/α,β-unsaturated/α-hetero) is 1. The molecular formula is C26H27F3N4O5S. The van der Waals surface area contributed by atoms with Gasteiger partial charge in [-0.25, -0.2) is 8.42 Å². The number of alkyl halides is 3. The number of nitrogens with zero attached hydrogens (tertiary/aromatic N) is 3. The Morgan fingerprint density at radius 2 is 1.64 bits per heavy atom. The van der Waals surface area contributed by atoms with Crippen molar-refractivity contribution in [3.05, 3.63) is 83.2 Å². The van der Waals surface area contributed by atoms with Crippen LogP contribution >= 0.6 is 0 Å². The Morgan fingerprint density at radius 3 is 2.26 bits per heavy atom. The van der Waals surface area contributed by atoms with Crippen LogP contribution in [-0.4, -0.2) is 73.0 Å². The second kappa shape index (κ2) is 11.2. The maximum Gasteiger partial charge on any atom is 0.573 e. The molecule has 2 N–H and O–H groups in total. The van der Waals surface area contributed by atoms with Gasteiger partial charge in [-0.15, -0.1) is 13.2 Å². The van der Waals surface area contributed by atoms with Gasteiger partial charge in [0.2, 0.25) is 10.0 Å². The Hall–Kier alpha value is -3.68. The van der Waals surface area contributed by atoms with Gasteiger partial charge in [-0.1, -0.05) is 30.3 Å². The van der Waals surface area contributed by atoms with E-state index < -0.39 is 28.0 Å². The first-order valence-corrected chi connectivity index (χ1v) is 13.4. The van der Waals surface area contributed by atoms with Crippen LogP contribution in [0, 0.1) is 6.92 Å².